The van der Waals surface area contributed by atoms with Gasteiger partial charge in [-0.3, -0.25) is 15.0 Å². The fourth-order valence-electron chi connectivity index (χ4n) is 2.98. The summed E-state index contributed by atoms with van der Waals surface area (Å²) >= 11 is 0. The zero-order valence-corrected chi connectivity index (χ0v) is 11.3. The molecule has 0 saturated carbocycles. The van der Waals surface area contributed by atoms with Crippen LogP contribution in [0.4, 0.5) is 10.1 Å². The number of nitro groups is 1. The van der Waals surface area contributed by atoms with Crippen molar-refractivity contribution in [2.75, 3.05) is 13.1 Å². The van der Waals surface area contributed by atoms with Crippen molar-refractivity contribution in [1.29, 1.82) is 0 Å². The van der Waals surface area contributed by atoms with Crippen LogP contribution in [0, 0.1) is 27.8 Å². The molecule has 1 aromatic carbocycles. The number of hydrogen-bond donors (Lipinski definition) is 0. The van der Waals surface area contributed by atoms with Crippen molar-refractivity contribution >= 4 is 5.69 Å². The Morgan fingerprint density at radius 1 is 1.37 bits per heavy atom. The molecular formula is C14H19FN2O2. The van der Waals surface area contributed by atoms with Crippen LogP contribution >= 0.6 is 0 Å². The predicted molar refractivity (Wildman–Crippen MR) is 71.3 cm³/mol. The molecule has 1 aliphatic heterocycles. The standard InChI is InChI=1S/C14H19FN2O2/c1-10-5-11(2)8-16(7-10)9-12-3-4-14(17(18)19)13(15)6-12/h3-4,6,10-11H,5,7-9H2,1-2H3. The third kappa shape index (κ3) is 3.50. The number of benzene rings is 1. The molecular weight excluding hydrogens is 247 g/mol. The lowest BCUT2D eigenvalue weighted by Crippen LogP contribution is -2.38. The molecule has 0 N–H and O–H groups in total. The van der Waals surface area contributed by atoms with E-state index in [1.54, 1.807) is 6.07 Å². The first kappa shape index (κ1) is 13.9. The lowest BCUT2D eigenvalue weighted by Gasteiger charge is -2.34. The molecule has 0 radical (unpaired) electrons. The second-order valence-electron chi connectivity index (χ2n) is 5.68. The Kier molecular flexibility index (Phi) is 4.14. The SMILES string of the molecule is CC1CC(C)CN(Cc2ccc([N+](=O)[O-])c(F)c2)C1. The maximum atomic E-state index is 13.5. The maximum Gasteiger partial charge on any atom is 0.304 e. The quantitative estimate of drug-likeness (QED) is 0.623. The minimum absolute atomic E-state index is 0.455. The lowest BCUT2D eigenvalue weighted by atomic mass is 9.91. The number of halogens is 1. The van der Waals surface area contributed by atoms with Crippen LogP contribution in [0.5, 0.6) is 0 Å². The van der Waals surface area contributed by atoms with Crippen molar-refractivity contribution < 1.29 is 9.31 Å². The van der Waals surface area contributed by atoms with Gasteiger partial charge in [0.15, 0.2) is 0 Å². The minimum Gasteiger partial charge on any atom is -0.299 e. The second-order valence-corrected chi connectivity index (χ2v) is 5.68. The van der Waals surface area contributed by atoms with Gasteiger partial charge in [-0.05, 0) is 29.9 Å². The van der Waals surface area contributed by atoms with E-state index in [1.165, 1.54) is 18.6 Å². The summed E-state index contributed by atoms with van der Waals surface area (Å²) in [6, 6.07) is 4.18. The number of nitrogens with zero attached hydrogens (tertiary/aromatic N) is 2. The summed E-state index contributed by atoms with van der Waals surface area (Å²) in [5.41, 5.74) is 0.341. The fourth-order valence-corrected chi connectivity index (χ4v) is 2.98. The van der Waals surface area contributed by atoms with E-state index < -0.39 is 16.4 Å². The van der Waals surface area contributed by atoms with E-state index in [2.05, 4.69) is 18.7 Å². The Morgan fingerprint density at radius 3 is 2.53 bits per heavy atom. The average molecular weight is 266 g/mol. The van der Waals surface area contributed by atoms with Gasteiger partial charge in [0.25, 0.3) is 0 Å². The molecule has 104 valence electrons. The number of nitro benzene ring substituents is 1. The van der Waals surface area contributed by atoms with Gasteiger partial charge in [0.1, 0.15) is 0 Å². The van der Waals surface area contributed by atoms with Gasteiger partial charge in [0.05, 0.1) is 4.92 Å². The minimum atomic E-state index is -0.749. The molecule has 1 heterocycles. The van der Waals surface area contributed by atoms with Crippen LogP contribution < -0.4 is 0 Å². The predicted octanol–water partition coefficient (Wildman–Crippen LogP) is 3.21. The number of piperidine rings is 1. The number of hydrogen-bond acceptors (Lipinski definition) is 3. The summed E-state index contributed by atoms with van der Waals surface area (Å²) in [7, 11) is 0. The molecule has 0 aliphatic carbocycles. The molecule has 1 saturated heterocycles. The third-order valence-corrected chi connectivity index (χ3v) is 3.56. The average Bonchev–Trinajstić information content (AvgIpc) is 2.26. The Bertz CT molecular complexity index is 469. The highest BCUT2D eigenvalue weighted by molar-refractivity contribution is 5.34. The lowest BCUT2D eigenvalue weighted by molar-refractivity contribution is -0.387. The Labute approximate surface area is 112 Å². The van der Waals surface area contributed by atoms with Crippen LogP contribution in [0.2, 0.25) is 0 Å². The normalized spacial score (nSPS) is 24.4. The molecule has 4 nitrogen and oxygen atoms in total. The Balaban J connectivity index is 2.07. The van der Waals surface area contributed by atoms with Crippen LogP contribution in [0.15, 0.2) is 18.2 Å². The Hall–Kier alpha value is -1.49. The Morgan fingerprint density at radius 2 is 2.00 bits per heavy atom. The maximum absolute atomic E-state index is 13.5. The van der Waals surface area contributed by atoms with Gasteiger partial charge < -0.3 is 0 Å². The second kappa shape index (κ2) is 5.65. The van der Waals surface area contributed by atoms with Gasteiger partial charge in [0.2, 0.25) is 5.82 Å². The summed E-state index contributed by atoms with van der Waals surface area (Å²) in [5.74, 6) is 0.541. The zero-order valence-electron chi connectivity index (χ0n) is 11.3. The molecule has 1 aliphatic rings. The molecule has 5 heteroatoms. The van der Waals surface area contributed by atoms with E-state index >= 15 is 0 Å². The van der Waals surface area contributed by atoms with Crippen molar-refractivity contribution in [1.82, 2.24) is 4.90 Å². The van der Waals surface area contributed by atoms with E-state index in [1.807, 2.05) is 0 Å². The van der Waals surface area contributed by atoms with Gasteiger partial charge in [-0.2, -0.15) is 4.39 Å². The molecule has 1 fully saturated rings. The van der Waals surface area contributed by atoms with E-state index in [0.717, 1.165) is 18.7 Å². The van der Waals surface area contributed by atoms with Crippen LogP contribution in [-0.2, 0) is 6.54 Å². The molecule has 0 amide bonds. The van der Waals surface area contributed by atoms with Crippen LogP contribution in [-0.4, -0.2) is 22.9 Å². The molecule has 0 bridgehead atoms. The smallest absolute Gasteiger partial charge is 0.299 e. The molecule has 1 aromatic rings. The zero-order chi connectivity index (χ0) is 14.0. The number of likely N-dealkylation sites (tertiary alicyclic amines) is 1. The van der Waals surface area contributed by atoms with Crippen LogP contribution in [0.25, 0.3) is 0 Å². The van der Waals surface area contributed by atoms with E-state index in [-0.39, 0.29) is 0 Å². The number of rotatable bonds is 3. The largest absolute Gasteiger partial charge is 0.304 e. The van der Waals surface area contributed by atoms with Crippen molar-refractivity contribution in [3.05, 3.63) is 39.7 Å². The van der Waals surface area contributed by atoms with Crippen molar-refractivity contribution in [2.24, 2.45) is 11.8 Å². The molecule has 19 heavy (non-hydrogen) atoms. The molecule has 2 atom stereocenters. The first-order valence-electron chi connectivity index (χ1n) is 6.61. The van der Waals surface area contributed by atoms with Gasteiger partial charge in [-0.1, -0.05) is 19.9 Å². The summed E-state index contributed by atoms with van der Waals surface area (Å²) < 4.78 is 13.5. The molecule has 2 rings (SSSR count). The highest BCUT2D eigenvalue weighted by Crippen LogP contribution is 2.24. The van der Waals surface area contributed by atoms with Crippen LogP contribution in [0.3, 0.4) is 0 Å². The fraction of sp³-hybridized carbons (Fsp3) is 0.571. The molecule has 2 unspecified atom stereocenters. The van der Waals surface area contributed by atoms with Crippen LogP contribution in [0.1, 0.15) is 25.8 Å². The highest BCUT2D eigenvalue weighted by atomic mass is 19.1. The van der Waals surface area contributed by atoms with E-state index in [0.29, 0.717) is 18.4 Å². The monoisotopic (exact) mass is 266 g/mol. The van der Waals surface area contributed by atoms with Crippen molar-refractivity contribution in [3.63, 3.8) is 0 Å². The third-order valence-electron chi connectivity index (χ3n) is 3.56. The summed E-state index contributed by atoms with van der Waals surface area (Å²) in [5, 5.41) is 10.6. The van der Waals surface area contributed by atoms with Gasteiger partial charge in [-0.25, -0.2) is 0 Å². The van der Waals surface area contributed by atoms with E-state index in [4.69, 9.17) is 0 Å². The summed E-state index contributed by atoms with van der Waals surface area (Å²) in [6.45, 7) is 7.10. The van der Waals surface area contributed by atoms with Gasteiger partial charge in [0, 0.05) is 25.7 Å². The first-order chi connectivity index (χ1) is 8.95. The summed E-state index contributed by atoms with van der Waals surface area (Å²) in [6.07, 6.45) is 1.23. The topological polar surface area (TPSA) is 46.4 Å². The highest BCUT2D eigenvalue weighted by Gasteiger charge is 2.22. The van der Waals surface area contributed by atoms with Gasteiger partial charge in [-0.15, -0.1) is 0 Å². The van der Waals surface area contributed by atoms with Gasteiger partial charge >= 0.3 is 5.69 Å². The molecule has 0 aromatic heterocycles. The van der Waals surface area contributed by atoms with Crippen molar-refractivity contribution in [3.8, 4) is 0 Å². The summed E-state index contributed by atoms with van der Waals surface area (Å²) in [4.78, 5) is 12.2. The van der Waals surface area contributed by atoms with E-state index in [9.17, 15) is 14.5 Å². The van der Waals surface area contributed by atoms with Crippen molar-refractivity contribution in [2.45, 2.75) is 26.8 Å². The first-order valence-corrected chi connectivity index (χ1v) is 6.61. The molecule has 0 spiro atoms.